The van der Waals surface area contributed by atoms with Crippen LogP contribution in [-0.4, -0.2) is 21.0 Å². The fraction of sp³-hybridized carbons (Fsp3) is 0.385. The van der Waals surface area contributed by atoms with Crippen LogP contribution in [0.3, 0.4) is 0 Å². The largest absolute Gasteiger partial charge is 0.416 e. The summed E-state index contributed by atoms with van der Waals surface area (Å²) in [5.74, 6) is -0.777. The molecule has 4 nitrogen and oxygen atoms in total. The van der Waals surface area contributed by atoms with Gasteiger partial charge >= 0.3 is 6.18 Å². The van der Waals surface area contributed by atoms with Crippen LogP contribution in [-0.2, 0) is 12.7 Å². The third-order valence-corrected chi connectivity index (χ3v) is 3.27. The highest BCUT2D eigenvalue weighted by Crippen LogP contribution is 2.31. The average molecular weight is 300 g/mol. The van der Waals surface area contributed by atoms with Crippen LogP contribution >= 0.6 is 0 Å². The topological polar surface area (TPSA) is 42.7 Å². The van der Waals surface area contributed by atoms with E-state index in [2.05, 4.69) is 15.6 Å². The summed E-state index contributed by atoms with van der Waals surface area (Å²) >= 11 is 0. The van der Waals surface area contributed by atoms with Crippen LogP contribution < -0.4 is 5.32 Å². The van der Waals surface area contributed by atoms with Crippen molar-refractivity contribution < 1.29 is 17.6 Å². The number of hydrogen-bond donors (Lipinski definition) is 1. The third kappa shape index (κ3) is 3.05. The van der Waals surface area contributed by atoms with Crippen LogP contribution in [0.4, 0.5) is 17.6 Å². The molecule has 1 saturated carbocycles. The van der Waals surface area contributed by atoms with E-state index in [1.54, 1.807) is 0 Å². The molecule has 1 heterocycles. The first-order valence-electron chi connectivity index (χ1n) is 6.45. The lowest BCUT2D eigenvalue weighted by Crippen LogP contribution is -2.18. The molecule has 21 heavy (non-hydrogen) atoms. The van der Waals surface area contributed by atoms with Gasteiger partial charge in [-0.1, -0.05) is 5.21 Å². The van der Waals surface area contributed by atoms with E-state index in [0.29, 0.717) is 24.3 Å². The van der Waals surface area contributed by atoms with Crippen molar-refractivity contribution in [3.05, 3.63) is 41.5 Å². The number of benzene rings is 1. The number of hydrogen-bond acceptors (Lipinski definition) is 3. The van der Waals surface area contributed by atoms with Crippen molar-refractivity contribution in [2.75, 3.05) is 0 Å². The van der Waals surface area contributed by atoms with Gasteiger partial charge in [-0.25, -0.2) is 9.07 Å². The molecular weight excluding hydrogens is 288 g/mol. The minimum Gasteiger partial charge on any atom is -0.308 e. The molecule has 0 amide bonds. The van der Waals surface area contributed by atoms with E-state index in [0.717, 1.165) is 29.7 Å². The first-order chi connectivity index (χ1) is 9.95. The molecule has 2 aromatic rings. The van der Waals surface area contributed by atoms with Crippen LogP contribution in [0.15, 0.2) is 24.4 Å². The van der Waals surface area contributed by atoms with Gasteiger partial charge in [0, 0.05) is 12.6 Å². The van der Waals surface area contributed by atoms with Gasteiger partial charge in [0.05, 0.1) is 17.5 Å². The fourth-order valence-electron chi connectivity index (χ4n) is 1.97. The predicted octanol–water partition coefficient (Wildman–Crippen LogP) is 2.68. The molecule has 0 unspecified atom stereocenters. The van der Waals surface area contributed by atoms with Crippen molar-refractivity contribution in [2.45, 2.75) is 31.6 Å². The fourth-order valence-corrected chi connectivity index (χ4v) is 1.97. The van der Waals surface area contributed by atoms with Gasteiger partial charge in [-0.05, 0) is 31.0 Å². The normalized spacial score (nSPS) is 15.4. The molecule has 1 N–H and O–H groups in total. The zero-order valence-corrected chi connectivity index (χ0v) is 10.9. The summed E-state index contributed by atoms with van der Waals surface area (Å²) in [5, 5.41) is 10.5. The highest BCUT2D eigenvalue weighted by Gasteiger charge is 2.31. The standard InChI is InChI=1S/C13H12F4N4/c14-11-4-1-8(13(15,16)17)5-12(11)21-10(7-19-20-21)6-18-9-2-3-9/h1,4-5,7,9,18H,2-3,6H2. The zero-order chi connectivity index (χ0) is 15.0. The molecule has 1 aromatic heterocycles. The summed E-state index contributed by atoms with van der Waals surface area (Å²) in [5.41, 5.74) is -0.662. The molecular formula is C13H12F4N4. The molecule has 1 fully saturated rings. The second kappa shape index (κ2) is 5.10. The van der Waals surface area contributed by atoms with Gasteiger partial charge < -0.3 is 5.32 Å². The number of nitrogens with zero attached hydrogens (tertiary/aromatic N) is 3. The molecule has 1 aromatic carbocycles. The molecule has 0 saturated heterocycles. The van der Waals surface area contributed by atoms with Crippen molar-refractivity contribution >= 4 is 0 Å². The van der Waals surface area contributed by atoms with E-state index >= 15 is 0 Å². The Kier molecular flexibility index (Phi) is 3.40. The number of rotatable bonds is 4. The Morgan fingerprint density at radius 3 is 2.71 bits per heavy atom. The monoisotopic (exact) mass is 300 g/mol. The van der Waals surface area contributed by atoms with E-state index in [1.165, 1.54) is 6.20 Å². The van der Waals surface area contributed by atoms with E-state index in [4.69, 9.17) is 0 Å². The van der Waals surface area contributed by atoms with Crippen molar-refractivity contribution in [1.29, 1.82) is 0 Å². The maximum absolute atomic E-state index is 13.8. The molecule has 1 aliphatic carbocycles. The summed E-state index contributed by atoms with van der Waals surface area (Å²) < 4.78 is 53.1. The summed E-state index contributed by atoms with van der Waals surface area (Å²) in [4.78, 5) is 0. The minimum atomic E-state index is -4.53. The van der Waals surface area contributed by atoms with Crippen LogP contribution in [0.5, 0.6) is 0 Å². The van der Waals surface area contributed by atoms with Crippen LogP contribution in [0, 0.1) is 5.82 Å². The highest BCUT2D eigenvalue weighted by molar-refractivity contribution is 5.39. The molecule has 1 aliphatic rings. The maximum atomic E-state index is 13.8. The summed E-state index contributed by atoms with van der Waals surface area (Å²) in [6, 6.07) is 2.65. The van der Waals surface area contributed by atoms with E-state index in [1.807, 2.05) is 0 Å². The number of alkyl halides is 3. The Morgan fingerprint density at radius 1 is 1.29 bits per heavy atom. The van der Waals surface area contributed by atoms with E-state index in [-0.39, 0.29) is 5.69 Å². The van der Waals surface area contributed by atoms with Gasteiger partial charge in [0.25, 0.3) is 0 Å². The maximum Gasteiger partial charge on any atom is 0.416 e. The molecule has 0 bridgehead atoms. The van der Waals surface area contributed by atoms with E-state index in [9.17, 15) is 17.6 Å². The lowest BCUT2D eigenvalue weighted by atomic mass is 10.2. The van der Waals surface area contributed by atoms with Crippen LogP contribution in [0.2, 0.25) is 0 Å². The van der Waals surface area contributed by atoms with Crippen LogP contribution in [0.1, 0.15) is 24.1 Å². The van der Waals surface area contributed by atoms with Crippen molar-refractivity contribution in [3.8, 4) is 5.69 Å². The minimum absolute atomic E-state index is 0.255. The van der Waals surface area contributed by atoms with Gasteiger partial charge in [-0.3, -0.25) is 0 Å². The van der Waals surface area contributed by atoms with Gasteiger partial charge in [-0.15, -0.1) is 5.10 Å². The lowest BCUT2D eigenvalue weighted by Gasteiger charge is -2.11. The summed E-state index contributed by atoms with van der Waals surface area (Å²) in [6.07, 6.45) is -0.983. The first-order valence-corrected chi connectivity index (χ1v) is 6.45. The molecule has 0 radical (unpaired) electrons. The molecule has 0 aliphatic heterocycles. The van der Waals surface area contributed by atoms with Gasteiger partial charge in [0.1, 0.15) is 11.5 Å². The van der Waals surface area contributed by atoms with Crippen molar-refractivity contribution in [3.63, 3.8) is 0 Å². The van der Waals surface area contributed by atoms with E-state index < -0.39 is 17.6 Å². The average Bonchev–Trinajstić information content (AvgIpc) is 3.13. The highest BCUT2D eigenvalue weighted by atomic mass is 19.4. The lowest BCUT2D eigenvalue weighted by molar-refractivity contribution is -0.137. The Bertz CT molecular complexity index is 646. The third-order valence-electron chi connectivity index (χ3n) is 3.27. The second-order valence-electron chi connectivity index (χ2n) is 4.96. The molecule has 112 valence electrons. The molecule has 8 heteroatoms. The van der Waals surface area contributed by atoms with Gasteiger partial charge in [-0.2, -0.15) is 13.2 Å². The van der Waals surface area contributed by atoms with Crippen LogP contribution in [0.25, 0.3) is 5.69 Å². The van der Waals surface area contributed by atoms with Gasteiger partial charge in [0.15, 0.2) is 0 Å². The molecule has 0 spiro atoms. The predicted molar refractivity (Wildman–Crippen MR) is 66.2 cm³/mol. The Hall–Kier alpha value is -1.96. The number of halogens is 4. The zero-order valence-electron chi connectivity index (χ0n) is 10.9. The Labute approximate surface area is 117 Å². The summed E-state index contributed by atoms with van der Waals surface area (Å²) in [6.45, 7) is 0.382. The van der Waals surface area contributed by atoms with Crippen molar-refractivity contribution in [1.82, 2.24) is 20.3 Å². The number of aromatic nitrogens is 3. The quantitative estimate of drug-likeness (QED) is 0.883. The first kappa shape index (κ1) is 14.0. The van der Waals surface area contributed by atoms with Gasteiger partial charge in [0.2, 0.25) is 0 Å². The SMILES string of the molecule is Fc1ccc(C(F)(F)F)cc1-n1nncc1CNC1CC1. The Morgan fingerprint density at radius 2 is 2.05 bits per heavy atom. The second-order valence-corrected chi connectivity index (χ2v) is 4.96. The number of nitrogens with one attached hydrogen (secondary N) is 1. The molecule has 0 atom stereocenters. The van der Waals surface area contributed by atoms with Crippen molar-refractivity contribution in [2.24, 2.45) is 0 Å². The Balaban J connectivity index is 1.93. The summed E-state index contributed by atoms with van der Waals surface area (Å²) in [7, 11) is 0. The molecule has 3 rings (SSSR count). The smallest absolute Gasteiger partial charge is 0.308 e.